The highest BCUT2D eigenvalue weighted by molar-refractivity contribution is 7.99. The van der Waals surface area contributed by atoms with Crippen LogP contribution < -0.4 is 0 Å². The van der Waals surface area contributed by atoms with Crippen LogP contribution in [-0.2, 0) is 19.1 Å². The van der Waals surface area contributed by atoms with E-state index >= 15 is 0 Å². The van der Waals surface area contributed by atoms with Crippen molar-refractivity contribution in [3.8, 4) is 0 Å². The topological polar surface area (TPSA) is 96.3 Å². The van der Waals surface area contributed by atoms with Crippen molar-refractivity contribution in [1.29, 1.82) is 0 Å². The molecule has 0 spiro atoms. The molecule has 0 saturated carbocycles. The van der Waals surface area contributed by atoms with E-state index in [0.717, 1.165) is 5.75 Å². The lowest BCUT2D eigenvalue weighted by Gasteiger charge is -2.24. The summed E-state index contributed by atoms with van der Waals surface area (Å²) >= 11 is 1.57. The van der Waals surface area contributed by atoms with Gasteiger partial charge in [0.15, 0.2) is 0 Å². The van der Waals surface area contributed by atoms with Crippen molar-refractivity contribution in [2.75, 3.05) is 38.8 Å². The van der Waals surface area contributed by atoms with Gasteiger partial charge in [-0.25, -0.2) is 0 Å². The van der Waals surface area contributed by atoms with E-state index in [1.54, 1.807) is 30.5 Å². The van der Waals surface area contributed by atoms with E-state index in [-0.39, 0.29) is 31.5 Å². The lowest BCUT2D eigenvalue weighted by Crippen LogP contribution is -2.34. The summed E-state index contributed by atoms with van der Waals surface area (Å²) in [5.74, 6) is 0.626. The monoisotopic (exact) mass is 393 g/mol. The third-order valence-electron chi connectivity index (χ3n) is 4.15. The van der Waals surface area contributed by atoms with Crippen molar-refractivity contribution >= 4 is 23.7 Å². The number of aliphatic hydroxyl groups excluding tert-OH is 2. The number of nitrogens with zero attached hydrogens (tertiary/aromatic N) is 1. The second kappa shape index (κ2) is 12.5. The molecule has 26 heavy (non-hydrogen) atoms. The van der Waals surface area contributed by atoms with Crippen LogP contribution in [0.25, 0.3) is 0 Å². The molecule has 0 radical (unpaired) electrons. The first kappa shape index (κ1) is 25.2. The molecule has 0 amide bonds. The predicted octanol–water partition coefficient (Wildman–Crippen LogP) is 1.51. The van der Waals surface area contributed by atoms with Crippen molar-refractivity contribution in [2.24, 2.45) is 11.3 Å². The number of hydrogen-bond acceptors (Lipinski definition) is 8. The van der Waals surface area contributed by atoms with Gasteiger partial charge < -0.3 is 19.7 Å². The van der Waals surface area contributed by atoms with Gasteiger partial charge in [-0.05, 0) is 40.1 Å². The molecule has 154 valence electrons. The number of aliphatic hydroxyl groups is 2. The van der Waals surface area contributed by atoms with Crippen molar-refractivity contribution in [3.05, 3.63) is 0 Å². The molecule has 0 aliphatic rings. The molecule has 0 aliphatic carbocycles. The van der Waals surface area contributed by atoms with Crippen LogP contribution in [-0.4, -0.2) is 78.2 Å². The van der Waals surface area contributed by atoms with Gasteiger partial charge in [0, 0.05) is 11.7 Å². The third kappa shape index (κ3) is 10.4. The Morgan fingerprint density at radius 2 is 1.73 bits per heavy atom. The van der Waals surface area contributed by atoms with Crippen molar-refractivity contribution in [1.82, 2.24) is 4.90 Å². The fourth-order valence-corrected chi connectivity index (χ4v) is 2.86. The minimum Gasteiger partial charge on any atom is -0.463 e. The number of rotatable bonds is 13. The standard InChI is InChI=1S/C18H35NO6S/c1-7-18(3,4)17(23)25-11-14(20)10-24-15(21)8-9-26-12-13(2)16(22)19(5)6/h13-14,16,20,22H,7-12H2,1-6H3. The van der Waals surface area contributed by atoms with E-state index in [9.17, 15) is 19.8 Å². The fourth-order valence-electron chi connectivity index (χ4n) is 1.84. The van der Waals surface area contributed by atoms with E-state index < -0.39 is 23.7 Å². The van der Waals surface area contributed by atoms with E-state index in [1.165, 1.54) is 0 Å². The first-order valence-corrected chi connectivity index (χ1v) is 10.1. The molecule has 0 aliphatic heterocycles. The summed E-state index contributed by atoms with van der Waals surface area (Å²) in [6.45, 7) is 7.01. The molecule has 0 aromatic heterocycles. The first-order chi connectivity index (χ1) is 12.0. The van der Waals surface area contributed by atoms with Gasteiger partial charge in [0.25, 0.3) is 0 Å². The number of thioether (sulfide) groups is 1. The molecule has 3 atom stereocenters. The quantitative estimate of drug-likeness (QED) is 0.276. The second-order valence-corrected chi connectivity index (χ2v) is 8.50. The van der Waals surface area contributed by atoms with Crippen LogP contribution >= 0.6 is 11.8 Å². The number of carbonyl (C=O) groups excluding carboxylic acids is 2. The van der Waals surface area contributed by atoms with Crippen LogP contribution in [0, 0.1) is 11.3 Å². The van der Waals surface area contributed by atoms with Crippen LogP contribution in [0.2, 0.25) is 0 Å². The molecule has 7 nitrogen and oxygen atoms in total. The molecule has 0 saturated heterocycles. The molecule has 0 heterocycles. The predicted molar refractivity (Wildman–Crippen MR) is 103 cm³/mol. The van der Waals surface area contributed by atoms with Gasteiger partial charge in [-0.15, -0.1) is 0 Å². The van der Waals surface area contributed by atoms with Gasteiger partial charge in [0.05, 0.1) is 11.8 Å². The van der Waals surface area contributed by atoms with E-state index in [0.29, 0.717) is 12.2 Å². The third-order valence-corrected chi connectivity index (χ3v) is 5.40. The summed E-state index contributed by atoms with van der Waals surface area (Å²) < 4.78 is 10.0. The molecule has 0 aromatic carbocycles. The van der Waals surface area contributed by atoms with E-state index in [1.807, 2.05) is 27.9 Å². The molecule has 0 aromatic rings. The van der Waals surface area contributed by atoms with E-state index in [2.05, 4.69) is 0 Å². The SMILES string of the molecule is CCC(C)(C)C(=O)OCC(O)COC(=O)CCSCC(C)C(O)N(C)C. The van der Waals surface area contributed by atoms with Crippen molar-refractivity contribution in [3.63, 3.8) is 0 Å². The number of carbonyl (C=O) groups is 2. The average molecular weight is 394 g/mol. The van der Waals surface area contributed by atoms with E-state index in [4.69, 9.17) is 9.47 Å². The van der Waals surface area contributed by atoms with Crippen LogP contribution in [0.1, 0.15) is 40.5 Å². The molecule has 2 N–H and O–H groups in total. The number of hydrogen-bond donors (Lipinski definition) is 2. The Kier molecular flexibility index (Phi) is 12.1. The molecule has 0 bridgehead atoms. The lowest BCUT2D eigenvalue weighted by atomic mass is 9.91. The number of ether oxygens (including phenoxy) is 2. The highest BCUT2D eigenvalue weighted by atomic mass is 32.2. The summed E-state index contributed by atoms with van der Waals surface area (Å²) in [7, 11) is 3.63. The van der Waals surface area contributed by atoms with Gasteiger partial charge in [-0.2, -0.15) is 11.8 Å². The summed E-state index contributed by atoms with van der Waals surface area (Å²) in [5.41, 5.74) is -0.592. The summed E-state index contributed by atoms with van der Waals surface area (Å²) in [6, 6.07) is 0. The maximum Gasteiger partial charge on any atom is 0.311 e. The van der Waals surface area contributed by atoms with Gasteiger partial charge in [-0.1, -0.05) is 13.8 Å². The van der Waals surface area contributed by atoms with Crippen LogP contribution in [0.5, 0.6) is 0 Å². The summed E-state index contributed by atoms with van der Waals surface area (Å²) in [4.78, 5) is 25.2. The average Bonchev–Trinajstić information content (AvgIpc) is 2.60. The van der Waals surface area contributed by atoms with Crippen molar-refractivity contribution < 1.29 is 29.3 Å². The van der Waals surface area contributed by atoms with Gasteiger partial charge in [-0.3, -0.25) is 14.5 Å². The lowest BCUT2D eigenvalue weighted by molar-refractivity contribution is -0.159. The van der Waals surface area contributed by atoms with Crippen LogP contribution in [0.4, 0.5) is 0 Å². The Labute approximate surface area is 161 Å². The molecular formula is C18H35NO6S. The smallest absolute Gasteiger partial charge is 0.311 e. The van der Waals surface area contributed by atoms with Crippen LogP contribution in [0.15, 0.2) is 0 Å². The first-order valence-electron chi connectivity index (χ1n) is 8.94. The maximum absolute atomic E-state index is 11.8. The molecule has 8 heteroatoms. The molecule has 3 unspecified atom stereocenters. The Bertz CT molecular complexity index is 430. The minimum absolute atomic E-state index is 0.0925. The fraction of sp³-hybridized carbons (Fsp3) is 0.889. The molecular weight excluding hydrogens is 358 g/mol. The molecule has 0 rings (SSSR count). The Morgan fingerprint density at radius 1 is 1.15 bits per heavy atom. The van der Waals surface area contributed by atoms with Gasteiger partial charge >= 0.3 is 11.9 Å². The molecule has 0 fully saturated rings. The summed E-state index contributed by atoms with van der Waals surface area (Å²) in [5, 5.41) is 19.6. The highest BCUT2D eigenvalue weighted by Crippen LogP contribution is 2.21. The Balaban J connectivity index is 3.87. The summed E-state index contributed by atoms with van der Waals surface area (Å²) in [6.07, 6.45) is -0.674. The second-order valence-electron chi connectivity index (χ2n) is 7.35. The van der Waals surface area contributed by atoms with Crippen molar-refractivity contribution in [2.45, 2.75) is 52.9 Å². The zero-order chi connectivity index (χ0) is 20.3. The zero-order valence-corrected chi connectivity index (χ0v) is 17.7. The zero-order valence-electron chi connectivity index (χ0n) is 16.9. The normalized spacial score (nSPS) is 15.4. The Morgan fingerprint density at radius 3 is 2.27 bits per heavy atom. The maximum atomic E-state index is 11.8. The highest BCUT2D eigenvalue weighted by Gasteiger charge is 2.27. The van der Waals surface area contributed by atoms with Crippen LogP contribution in [0.3, 0.4) is 0 Å². The minimum atomic E-state index is -1.03. The van der Waals surface area contributed by atoms with Gasteiger partial charge in [0.2, 0.25) is 0 Å². The number of esters is 2. The largest absolute Gasteiger partial charge is 0.463 e. The Hall–Kier alpha value is -0.830. The van der Waals surface area contributed by atoms with Gasteiger partial charge in [0.1, 0.15) is 25.5 Å².